The van der Waals surface area contributed by atoms with Crippen molar-refractivity contribution in [2.45, 2.75) is 23.8 Å². The zero-order chi connectivity index (χ0) is 11.3. The molecule has 0 spiro atoms. The highest BCUT2D eigenvalue weighted by Gasteiger charge is 2.12. The van der Waals surface area contributed by atoms with Crippen LogP contribution in [0.15, 0.2) is 29.2 Å². The van der Waals surface area contributed by atoms with Gasteiger partial charge in [0.05, 0.1) is 0 Å². The van der Waals surface area contributed by atoms with Crippen molar-refractivity contribution in [3.05, 3.63) is 29.8 Å². The standard InChI is InChI=1S/C11H14O3S/c1-15-9-5-2-8(3-6-9)4-7-10(12)11(13)14/h2-3,5-6,10,12H,4,7H2,1H3,(H,13,14). The lowest BCUT2D eigenvalue weighted by Gasteiger charge is -2.05. The van der Waals surface area contributed by atoms with Crippen LogP contribution in [0, 0.1) is 0 Å². The van der Waals surface area contributed by atoms with Gasteiger partial charge in [0, 0.05) is 4.90 Å². The van der Waals surface area contributed by atoms with Crippen LogP contribution in [0.1, 0.15) is 12.0 Å². The first-order valence-electron chi connectivity index (χ1n) is 4.67. The highest BCUT2D eigenvalue weighted by atomic mass is 32.2. The fourth-order valence-corrected chi connectivity index (χ4v) is 1.63. The first-order valence-corrected chi connectivity index (χ1v) is 5.89. The lowest BCUT2D eigenvalue weighted by molar-refractivity contribution is -0.146. The zero-order valence-electron chi connectivity index (χ0n) is 8.51. The minimum Gasteiger partial charge on any atom is -0.479 e. The van der Waals surface area contributed by atoms with Crippen LogP contribution in [0.4, 0.5) is 0 Å². The largest absolute Gasteiger partial charge is 0.479 e. The quantitative estimate of drug-likeness (QED) is 0.751. The van der Waals surface area contributed by atoms with E-state index < -0.39 is 12.1 Å². The number of carboxylic acids is 1. The second kappa shape index (κ2) is 5.78. The van der Waals surface area contributed by atoms with Crippen molar-refractivity contribution in [1.82, 2.24) is 0 Å². The molecular formula is C11H14O3S. The molecule has 3 nitrogen and oxygen atoms in total. The average Bonchev–Trinajstić information content (AvgIpc) is 2.26. The Hall–Kier alpha value is -1.00. The molecule has 0 radical (unpaired) electrons. The van der Waals surface area contributed by atoms with Crippen LogP contribution in [0.2, 0.25) is 0 Å². The molecule has 0 saturated heterocycles. The van der Waals surface area contributed by atoms with Crippen LogP contribution in [-0.2, 0) is 11.2 Å². The Morgan fingerprint density at radius 2 is 2.00 bits per heavy atom. The van der Waals surface area contributed by atoms with Gasteiger partial charge in [-0.2, -0.15) is 0 Å². The van der Waals surface area contributed by atoms with E-state index in [0.717, 1.165) is 5.56 Å². The van der Waals surface area contributed by atoms with Crippen molar-refractivity contribution in [3.8, 4) is 0 Å². The van der Waals surface area contributed by atoms with Gasteiger partial charge in [-0.25, -0.2) is 4.79 Å². The van der Waals surface area contributed by atoms with Crippen LogP contribution < -0.4 is 0 Å². The number of rotatable bonds is 5. The monoisotopic (exact) mass is 226 g/mol. The highest BCUT2D eigenvalue weighted by Crippen LogP contribution is 2.15. The molecule has 1 unspecified atom stereocenters. The van der Waals surface area contributed by atoms with Gasteiger partial charge >= 0.3 is 5.97 Å². The number of hydrogen-bond acceptors (Lipinski definition) is 3. The van der Waals surface area contributed by atoms with E-state index in [2.05, 4.69) is 0 Å². The summed E-state index contributed by atoms with van der Waals surface area (Å²) in [7, 11) is 0. The molecule has 0 saturated carbocycles. The maximum Gasteiger partial charge on any atom is 0.332 e. The molecule has 1 atom stereocenters. The van der Waals surface area contributed by atoms with Crippen LogP contribution in [0.5, 0.6) is 0 Å². The van der Waals surface area contributed by atoms with Gasteiger partial charge in [0.2, 0.25) is 0 Å². The van der Waals surface area contributed by atoms with Crippen molar-refractivity contribution < 1.29 is 15.0 Å². The predicted octanol–water partition coefficient (Wildman–Crippen LogP) is 1.79. The van der Waals surface area contributed by atoms with Gasteiger partial charge in [-0.15, -0.1) is 11.8 Å². The Morgan fingerprint density at radius 1 is 1.40 bits per heavy atom. The highest BCUT2D eigenvalue weighted by molar-refractivity contribution is 7.98. The Labute approximate surface area is 93.1 Å². The smallest absolute Gasteiger partial charge is 0.332 e. The molecule has 1 rings (SSSR count). The molecule has 0 aromatic heterocycles. The van der Waals surface area contributed by atoms with Crippen LogP contribution in [-0.4, -0.2) is 28.5 Å². The summed E-state index contributed by atoms with van der Waals surface area (Å²) < 4.78 is 0. The molecule has 2 N–H and O–H groups in total. The van der Waals surface area contributed by atoms with Crippen molar-refractivity contribution >= 4 is 17.7 Å². The summed E-state index contributed by atoms with van der Waals surface area (Å²) in [5.41, 5.74) is 1.05. The number of aliphatic hydroxyl groups excluding tert-OH is 1. The average molecular weight is 226 g/mol. The Balaban J connectivity index is 2.47. The number of carboxylic acid groups (broad SMARTS) is 1. The second-order valence-corrected chi connectivity index (χ2v) is 4.12. The Kier molecular flexibility index (Phi) is 4.65. The number of thioether (sulfide) groups is 1. The summed E-state index contributed by atoms with van der Waals surface area (Å²) >= 11 is 1.66. The van der Waals surface area contributed by atoms with Gasteiger partial charge in [-0.05, 0) is 36.8 Å². The fraction of sp³-hybridized carbons (Fsp3) is 0.364. The van der Waals surface area contributed by atoms with E-state index in [9.17, 15) is 4.79 Å². The van der Waals surface area contributed by atoms with E-state index >= 15 is 0 Å². The Morgan fingerprint density at radius 3 is 2.47 bits per heavy atom. The van der Waals surface area contributed by atoms with E-state index in [1.54, 1.807) is 11.8 Å². The molecule has 1 aromatic rings. The van der Waals surface area contributed by atoms with E-state index in [-0.39, 0.29) is 6.42 Å². The molecule has 0 bridgehead atoms. The van der Waals surface area contributed by atoms with Crippen LogP contribution in [0.25, 0.3) is 0 Å². The zero-order valence-corrected chi connectivity index (χ0v) is 9.33. The molecular weight excluding hydrogens is 212 g/mol. The molecule has 0 amide bonds. The number of aliphatic hydroxyl groups is 1. The summed E-state index contributed by atoms with van der Waals surface area (Å²) in [5, 5.41) is 17.6. The predicted molar refractivity (Wildman–Crippen MR) is 60.2 cm³/mol. The van der Waals surface area contributed by atoms with Gasteiger partial charge in [0.1, 0.15) is 0 Å². The number of benzene rings is 1. The van der Waals surface area contributed by atoms with Gasteiger partial charge in [-0.3, -0.25) is 0 Å². The van der Waals surface area contributed by atoms with Gasteiger partial charge in [0.25, 0.3) is 0 Å². The summed E-state index contributed by atoms with van der Waals surface area (Å²) in [6.45, 7) is 0. The third-order valence-corrected chi connectivity index (χ3v) is 2.89. The molecule has 82 valence electrons. The Bertz CT molecular complexity index is 321. The van der Waals surface area contributed by atoms with Gasteiger partial charge < -0.3 is 10.2 Å². The van der Waals surface area contributed by atoms with Gasteiger partial charge in [-0.1, -0.05) is 12.1 Å². The lowest BCUT2D eigenvalue weighted by atomic mass is 10.1. The summed E-state index contributed by atoms with van der Waals surface area (Å²) in [6, 6.07) is 7.90. The van der Waals surface area contributed by atoms with Crippen molar-refractivity contribution in [2.75, 3.05) is 6.26 Å². The van der Waals surface area contributed by atoms with Crippen LogP contribution in [0.3, 0.4) is 0 Å². The van der Waals surface area contributed by atoms with Crippen molar-refractivity contribution in [2.24, 2.45) is 0 Å². The summed E-state index contributed by atoms with van der Waals surface area (Å²) in [6.07, 6.45) is 1.59. The van der Waals surface area contributed by atoms with E-state index in [4.69, 9.17) is 10.2 Å². The number of aliphatic carboxylic acids is 1. The molecule has 0 aliphatic heterocycles. The second-order valence-electron chi connectivity index (χ2n) is 3.24. The minimum atomic E-state index is -1.26. The summed E-state index contributed by atoms with van der Waals surface area (Å²) in [4.78, 5) is 11.5. The lowest BCUT2D eigenvalue weighted by Crippen LogP contribution is -2.19. The topological polar surface area (TPSA) is 57.5 Å². The number of hydrogen-bond donors (Lipinski definition) is 2. The maximum atomic E-state index is 10.4. The first kappa shape index (κ1) is 12.1. The van der Waals surface area contributed by atoms with Crippen molar-refractivity contribution in [3.63, 3.8) is 0 Å². The minimum absolute atomic E-state index is 0.258. The summed E-state index contributed by atoms with van der Waals surface area (Å²) in [5.74, 6) is -1.16. The number of carbonyl (C=O) groups is 1. The molecule has 15 heavy (non-hydrogen) atoms. The molecule has 0 aliphatic rings. The van der Waals surface area contributed by atoms with E-state index in [0.29, 0.717) is 6.42 Å². The molecule has 4 heteroatoms. The molecule has 0 fully saturated rings. The van der Waals surface area contributed by atoms with E-state index in [1.807, 2.05) is 30.5 Å². The third-order valence-electron chi connectivity index (χ3n) is 2.15. The first-order chi connectivity index (χ1) is 7.13. The van der Waals surface area contributed by atoms with Crippen LogP contribution >= 0.6 is 11.8 Å². The molecule has 1 aromatic carbocycles. The van der Waals surface area contributed by atoms with Crippen molar-refractivity contribution in [1.29, 1.82) is 0 Å². The maximum absolute atomic E-state index is 10.4. The molecule has 0 aliphatic carbocycles. The van der Waals surface area contributed by atoms with E-state index in [1.165, 1.54) is 4.90 Å². The molecule has 0 heterocycles. The third kappa shape index (κ3) is 3.93. The van der Waals surface area contributed by atoms with Gasteiger partial charge in [0.15, 0.2) is 6.10 Å². The number of aryl methyl sites for hydroxylation is 1. The fourth-order valence-electron chi connectivity index (χ4n) is 1.22. The normalized spacial score (nSPS) is 12.4. The SMILES string of the molecule is CSc1ccc(CCC(O)C(=O)O)cc1.